The van der Waals surface area contributed by atoms with Crippen molar-refractivity contribution in [3.8, 4) is 0 Å². The molecule has 0 bridgehead atoms. The first-order valence-corrected chi connectivity index (χ1v) is 8.22. The minimum atomic E-state index is -0.0833. The van der Waals surface area contributed by atoms with Gasteiger partial charge < -0.3 is 4.57 Å². The molecule has 0 saturated carbocycles. The van der Waals surface area contributed by atoms with Gasteiger partial charge in [-0.1, -0.05) is 0 Å². The van der Waals surface area contributed by atoms with Gasteiger partial charge in [-0.3, -0.25) is 0 Å². The van der Waals surface area contributed by atoms with Gasteiger partial charge in [0.1, 0.15) is 11.3 Å². The highest BCUT2D eigenvalue weighted by Gasteiger charge is 2.22. The lowest BCUT2D eigenvalue weighted by Gasteiger charge is -2.14. The maximum absolute atomic E-state index is 6.30. The van der Waals surface area contributed by atoms with Gasteiger partial charge in [0, 0.05) is 18.0 Å². The molecule has 0 aliphatic carbocycles. The molecule has 0 N–H and O–H groups in total. The lowest BCUT2D eigenvalue weighted by molar-refractivity contribution is 0.619. The van der Waals surface area contributed by atoms with E-state index in [1.165, 1.54) is 24.2 Å². The van der Waals surface area contributed by atoms with Gasteiger partial charge in [-0.05, 0) is 44.1 Å². The summed E-state index contributed by atoms with van der Waals surface area (Å²) in [6.45, 7) is 5.04. The molecule has 3 heterocycles. The first kappa shape index (κ1) is 13.3. The van der Waals surface area contributed by atoms with Crippen LogP contribution in [0.3, 0.4) is 0 Å². The van der Waals surface area contributed by atoms with Crippen molar-refractivity contribution >= 4 is 34.5 Å². The molecule has 1 fully saturated rings. The summed E-state index contributed by atoms with van der Waals surface area (Å²) in [4.78, 5) is 9.23. The molecule has 1 saturated heterocycles. The highest BCUT2D eigenvalue weighted by molar-refractivity contribution is 8.00. The number of pyridine rings is 1. The van der Waals surface area contributed by atoms with Crippen molar-refractivity contribution in [2.45, 2.75) is 43.9 Å². The molecule has 1 aliphatic rings. The second-order valence-electron chi connectivity index (χ2n) is 5.13. The lowest BCUT2D eigenvalue weighted by Crippen LogP contribution is -2.13. The molecule has 3 nitrogen and oxygen atoms in total. The van der Waals surface area contributed by atoms with Crippen LogP contribution in [0.4, 0.5) is 0 Å². The Morgan fingerprint density at radius 3 is 3.11 bits per heavy atom. The quantitative estimate of drug-likeness (QED) is 0.804. The van der Waals surface area contributed by atoms with Gasteiger partial charge in [-0.25, -0.2) is 9.97 Å². The Hall–Kier alpha value is -0.740. The van der Waals surface area contributed by atoms with Gasteiger partial charge >= 0.3 is 0 Å². The van der Waals surface area contributed by atoms with E-state index in [-0.39, 0.29) is 5.38 Å². The van der Waals surface area contributed by atoms with Gasteiger partial charge in [-0.15, -0.1) is 11.6 Å². The maximum atomic E-state index is 6.30. The molecule has 2 aromatic rings. The van der Waals surface area contributed by atoms with E-state index >= 15 is 0 Å². The van der Waals surface area contributed by atoms with Crippen molar-refractivity contribution in [1.29, 1.82) is 0 Å². The van der Waals surface area contributed by atoms with E-state index in [4.69, 9.17) is 16.6 Å². The standard InChI is InChI=1S/C14H18ClN3S/c1-9-5-6-16-14-12(9)17-13(10(2)15)18(14)8-11-4-3-7-19-11/h5-6,10-11H,3-4,7-8H2,1-2H3. The summed E-state index contributed by atoms with van der Waals surface area (Å²) in [5.74, 6) is 2.22. The third kappa shape index (κ3) is 2.48. The molecule has 2 atom stereocenters. The van der Waals surface area contributed by atoms with Gasteiger partial charge in [0.25, 0.3) is 0 Å². The molecule has 3 rings (SSSR count). The van der Waals surface area contributed by atoms with Crippen LogP contribution >= 0.6 is 23.4 Å². The van der Waals surface area contributed by atoms with Crippen LogP contribution in [-0.4, -0.2) is 25.5 Å². The number of hydrogen-bond donors (Lipinski definition) is 0. The summed E-state index contributed by atoms with van der Waals surface area (Å²) in [5, 5.41) is 0.592. The molecule has 1 aliphatic heterocycles. The van der Waals surface area contributed by atoms with Crippen molar-refractivity contribution in [1.82, 2.24) is 14.5 Å². The van der Waals surface area contributed by atoms with Crippen molar-refractivity contribution in [3.63, 3.8) is 0 Å². The van der Waals surface area contributed by atoms with E-state index in [0.29, 0.717) is 5.25 Å². The van der Waals surface area contributed by atoms with Crippen LogP contribution in [0, 0.1) is 6.92 Å². The van der Waals surface area contributed by atoms with E-state index in [1.807, 2.05) is 19.2 Å². The molecule has 0 radical (unpaired) electrons. The van der Waals surface area contributed by atoms with E-state index in [9.17, 15) is 0 Å². The van der Waals surface area contributed by atoms with Gasteiger partial charge in [-0.2, -0.15) is 11.8 Å². The van der Waals surface area contributed by atoms with E-state index in [2.05, 4.69) is 28.2 Å². The largest absolute Gasteiger partial charge is 0.310 e. The molecular formula is C14H18ClN3S. The van der Waals surface area contributed by atoms with Gasteiger partial charge in [0.15, 0.2) is 5.65 Å². The zero-order chi connectivity index (χ0) is 13.4. The zero-order valence-electron chi connectivity index (χ0n) is 11.3. The number of imidazole rings is 1. The first-order chi connectivity index (χ1) is 9.16. The topological polar surface area (TPSA) is 30.7 Å². The van der Waals surface area contributed by atoms with Crippen LogP contribution in [0.2, 0.25) is 0 Å². The molecule has 19 heavy (non-hydrogen) atoms. The average Bonchev–Trinajstić information content (AvgIpc) is 2.99. The Bertz CT molecular complexity index is 588. The maximum Gasteiger partial charge on any atom is 0.160 e. The lowest BCUT2D eigenvalue weighted by atomic mass is 10.2. The number of halogens is 1. The number of hydrogen-bond acceptors (Lipinski definition) is 3. The number of rotatable bonds is 3. The number of alkyl halides is 1. The molecular weight excluding hydrogens is 278 g/mol. The first-order valence-electron chi connectivity index (χ1n) is 6.74. The Balaban J connectivity index is 2.08. The monoisotopic (exact) mass is 295 g/mol. The summed E-state index contributed by atoms with van der Waals surface area (Å²) in [7, 11) is 0. The van der Waals surface area contributed by atoms with Crippen LogP contribution in [0.15, 0.2) is 12.3 Å². The van der Waals surface area contributed by atoms with E-state index in [0.717, 1.165) is 23.5 Å². The molecule has 0 aromatic carbocycles. The number of aromatic nitrogens is 3. The molecule has 0 amide bonds. The van der Waals surface area contributed by atoms with Gasteiger partial charge in [0.05, 0.1) is 5.38 Å². The molecule has 5 heteroatoms. The number of nitrogens with zero attached hydrogens (tertiary/aromatic N) is 3. The van der Waals surface area contributed by atoms with Crippen molar-refractivity contribution < 1.29 is 0 Å². The fraction of sp³-hybridized carbons (Fsp3) is 0.571. The minimum Gasteiger partial charge on any atom is -0.310 e. The number of thioether (sulfide) groups is 1. The SMILES string of the molecule is Cc1ccnc2c1nc(C(C)Cl)n2CC1CCCS1. The predicted octanol–water partition coefficient (Wildman–Crippen LogP) is 3.94. The fourth-order valence-corrected chi connectivity index (χ4v) is 4.05. The fourth-order valence-electron chi connectivity index (χ4n) is 2.63. The third-order valence-corrected chi connectivity index (χ3v) is 5.21. The van der Waals surface area contributed by atoms with Crippen LogP contribution in [0.5, 0.6) is 0 Å². The van der Waals surface area contributed by atoms with E-state index in [1.54, 1.807) is 0 Å². The minimum absolute atomic E-state index is 0.0833. The Morgan fingerprint density at radius 1 is 1.58 bits per heavy atom. The molecule has 2 aromatic heterocycles. The Morgan fingerprint density at radius 2 is 2.42 bits per heavy atom. The highest BCUT2D eigenvalue weighted by Crippen LogP contribution is 2.31. The highest BCUT2D eigenvalue weighted by atomic mass is 35.5. The number of fused-ring (bicyclic) bond motifs is 1. The van der Waals surface area contributed by atoms with Crippen molar-refractivity contribution in [3.05, 3.63) is 23.7 Å². The average molecular weight is 296 g/mol. The summed E-state index contributed by atoms with van der Waals surface area (Å²) in [6, 6.07) is 2.01. The van der Waals surface area contributed by atoms with Crippen LogP contribution < -0.4 is 0 Å². The molecule has 0 spiro atoms. The number of aryl methyl sites for hydroxylation is 1. The van der Waals surface area contributed by atoms with Crippen molar-refractivity contribution in [2.75, 3.05) is 5.75 Å². The summed E-state index contributed by atoms with van der Waals surface area (Å²) in [6.07, 6.45) is 4.47. The smallest absolute Gasteiger partial charge is 0.160 e. The molecule has 2 unspecified atom stereocenters. The van der Waals surface area contributed by atoms with E-state index < -0.39 is 0 Å². The summed E-state index contributed by atoms with van der Waals surface area (Å²) >= 11 is 8.35. The zero-order valence-corrected chi connectivity index (χ0v) is 12.8. The predicted molar refractivity (Wildman–Crippen MR) is 82.0 cm³/mol. The summed E-state index contributed by atoms with van der Waals surface area (Å²) in [5.41, 5.74) is 3.14. The normalized spacial score (nSPS) is 21.1. The van der Waals surface area contributed by atoms with Crippen LogP contribution in [-0.2, 0) is 6.54 Å². The van der Waals surface area contributed by atoms with Crippen LogP contribution in [0.25, 0.3) is 11.2 Å². The summed E-state index contributed by atoms with van der Waals surface area (Å²) < 4.78 is 2.23. The molecule has 102 valence electrons. The second kappa shape index (κ2) is 5.33. The Labute approximate surface area is 122 Å². The second-order valence-corrected chi connectivity index (χ2v) is 7.19. The third-order valence-electron chi connectivity index (χ3n) is 3.63. The van der Waals surface area contributed by atoms with Crippen molar-refractivity contribution in [2.24, 2.45) is 0 Å². The van der Waals surface area contributed by atoms with Crippen LogP contribution in [0.1, 0.15) is 36.5 Å². The Kier molecular flexibility index (Phi) is 3.72. The van der Waals surface area contributed by atoms with Gasteiger partial charge in [0.2, 0.25) is 0 Å².